The van der Waals surface area contributed by atoms with Crippen LogP contribution in [0.4, 0.5) is 0 Å². The number of rotatable bonds is 2. The first-order chi connectivity index (χ1) is 7.92. The van der Waals surface area contributed by atoms with Crippen LogP contribution in [-0.2, 0) is 9.59 Å². The first-order valence-corrected chi connectivity index (χ1v) is 5.60. The van der Waals surface area contributed by atoms with E-state index in [2.05, 4.69) is 5.32 Å². The third kappa shape index (κ3) is 2.05. The number of nitrogens with zero attached hydrogens (tertiary/aromatic N) is 2. The van der Waals surface area contributed by atoms with Crippen molar-refractivity contribution in [2.75, 3.05) is 20.6 Å². The van der Waals surface area contributed by atoms with Gasteiger partial charge in [-0.25, -0.2) is 0 Å². The van der Waals surface area contributed by atoms with Crippen LogP contribution in [0.5, 0.6) is 0 Å². The number of likely N-dealkylation sites (N-methyl/N-ethyl adjacent to an activating group) is 1. The fraction of sp³-hybridized carbons (Fsp3) is 0.500. The average molecular weight is 235 g/mol. The smallest absolute Gasteiger partial charge is 0.249 e. The molecule has 2 heterocycles. The molecule has 0 aromatic rings. The summed E-state index contributed by atoms with van der Waals surface area (Å²) < 4.78 is 0. The number of amides is 2. The largest absolute Gasteiger partial charge is 0.357 e. The van der Waals surface area contributed by atoms with Crippen LogP contribution in [0.25, 0.3) is 0 Å². The first-order valence-electron chi connectivity index (χ1n) is 5.60. The van der Waals surface area contributed by atoms with Gasteiger partial charge in [0.2, 0.25) is 11.8 Å². The molecule has 0 bridgehead atoms. The average Bonchev–Trinajstić information content (AvgIpc) is 2.28. The highest BCUT2D eigenvalue weighted by Gasteiger charge is 2.47. The molecule has 2 rings (SSSR count). The predicted molar refractivity (Wildman–Crippen MR) is 63.8 cm³/mol. The van der Waals surface area contributed by atoms with Crippen molar-refractivity contribution in [3.05, 3.63) is 24.0 Å². The Kier molecular flexibility index (Phi) is 2.69. The molecule has 0 saturated carbocycles. The number of hydrogen-bond donors (Lipinski definition) is 1. The van der Waals surface area contributed by atoms with Gasteiger partial charge in [0.15, 0.2) is 0 Å². The highest BCUT2D eigenvalue weighted by Crippen LogP contribution is 2.21. The maximum absolute atomic E-state index is 12.0. The van der Waals surface area contributed by atoms with E-state index < -0.39 is 5.54 Å². The minimum absolute atomic E-state index is 0.0360. The number of allylic oxidation sites excluding steroid dienone is 1. The molecule has 1 fully saturated rings. The molecule has 0 aliphatic carbocycles. The fourth-order valence-corrected chi connectivity index (χ4v) is 2.21. The van der Waals surface area contributed by atoms with Gasteiger partial charge in [-0.15, -0.1) is 0 Å². The molecular weight excluding hydrogens is 218 g/mol. The fourth-order valence-electron chi connectivity index (χ4n) is 2.21. The topological polar surface area (TPSA) is 52.7 Å². The number of nitrogens with one attached hydrogen (secondary N) is 1. The van der Waals surface area contributed by atoms with Crippen molar-refractivity contribution < 1.29 is 9.59 Å². The van der Waals surface area contributed by atoms with Crippen LogP contribution in [0.1, 0.15) is 13.3 Å². The maximum atomic E-state index is 12.0. The summed E-state index contributed by atoms with van der Waals surface area (Å²) >= 11 is 0. The number of β-lactam (4-membered cyclic amide) rings is 1. The lowest BCUT2D eigenvalue weighted by atomic mass is 9.91. The van der Waals surface area contributed by atoms with Crippen molar-refractivity contribution in [1.29, 1.82) is 0 Å². The summed E-state index contributed by atoms with van der Waals surface area (Å²) in [6, 6.07) is 0. The van der Waals surface area contributed by atoms with Gasteiger partial charge in [0.25, 0.3) is 0 Å². The molecule has 2 aliphatic heterocycles. The standard InChI is InChI=1S/C12H17N3O2/c1-12(8-15(3)11(12)17)13-10(16)9-5-4-6-14(2)7-9/h4,6-7H,5,8H2,1-3H3,(H,13,16)/t12-/m1/s1. The van der Waals surface area contributed by atoms with Gasteiger partial charge >= 0.3 is 0 Å². The van der Waals surface area contributed by atoms with Crippen molar-refractivity contribution in [2.45, 2.75) is 18.9 Å². The van der Waals surface area contributed by atoms with Crippen LogP contribution in [0.2, 0.25) is 0 Å². The van der Waals surface area contributed by atoms with Gasteiger partial charge in [0.1, 0.15) is 5.54 Å². The Balaban J connectivity index is 2.01. The van der Waals surface area contributed by atoms with Crippen LogP contribution in [0.3, 0.4) is 0 Å². The van der Waals surface area contributed by atoms with E-state index in [0.29, 0.717) is 18.5 Å². The van der Waals surface area contributed by atoms with Crippen molar-refractivity contribution >= 4 is 11.8 Å². The Morgan fingerprint density at radius 3 is 2.71 bits per heavy atom. The Morgan fingerprint density at radius 1 is 1.47 bits per heavy atom. The van der Waals surface area contributed by atoms with Gasteiger partial charge in [-0.3, -0.25) is 9.59 Å². The lowest BCUT2D eigenvalue weighted by molar-refractivity contribution is -0.151. The van der Waals surface area contributed by atoms with Crippen molar-refractivity contribution in [3.8, 4) is 0 Å². The van der Waals surface area contributed by atoms with Crippen molar-refractivity contribution in [2.24, 2.45) is 0 Å². The zero-order valence-electron chi connectivity index (χ0n) is 10.4. The number of hydrogen-bond acceptors (Lipinski definition) is 3. The summed E-state index contributed by atoms with van der Waals surface area (Å²) in [6.07, 6.45) is 6.22. The van der Waals surface area contributed by atoms with E-state index in [0.717, 1.165) is 0 Å². The zero-order chi connectivity index (χ0) is 12.6. The summed E-state index contributed by atoms with van der Waals surface area (Å²) in [6.45, 7) is 2.33. The van der Waals surface area contributed by atoms with Gasteiger partial charge in [-0.2, -0.15) is 0 Å². The Morgan fingerprint density at radius 2 is 2.18 bits per heavy atom. The van der Waals surface area contributed by atoms with Crippen LogP contribution in [0.15, 0.2) is 24.0 Å². The Hall–Kier alpha value is -1.78. The zero-order valence-corrected chi connectivity index (χ0v) is 10.4. The second-order valence-corrected chi connectivity index (χ2v) is 4.86. The maximum Gasteiger partial charge on any atom is 0.249 e. The number of carbonyl (C=O) groups is 2. The van der Waals surface area contributed by atoms with Gasteiger partial charge in [0.05, 0.1) is 6.54 Å². The molecule has 17 heavy (non-hydrogen) atoms. The lowest BCUT2D eigenvalue weighted by Gasteiger charge is -2.45. The second kappa shape index (κ2) is 3.91. The SMILES string of the molecule is CN1C=CCC(C(=O)N[C@]2(C)CN(C)C2=O)=C1. The number of likely N-dealkylation sites (tertiary alicyclic amines) is 1. The monoisotopic (exact) mass is 235 g/mol. The minimum Gasteiger partial charge on any atom is -0.357 e. The minimum atomic E-state index is -0.730. The number of carbonyl (C=O) groups excluding carboxylic acids is 2. The summed E-state index contributed by atoms with van der Waals surface area (Å²) in [7, 11) is 3.60. The molecule has 0 spiro atoms. The third-order valence-corrected chi connectivity index (χ3v) is 3.09. The van der Waals surface area contributed by atoms with E-state index >= 15 is 0 Å². The van der Waals surface area contributed by atoms with Gasteiger partial charge < -0.3 is 15.1 Å². The van der Waals surface area contributed by atoms with Crippen molar-refractivity contribution in [3.63, 3.8) is 0 Å². The molecule has 0 aromatic heterocycles. The Bertz CT molecular complexity index is 427. The normalized spacial score (nSPS) is 27.7. The van der Waals surface area contributed by atoms with Crippen LogP contribution in [-0.4, -0.2) is 47.8 Å². The van der Waals surface area contributed by atoms with E-state index in [1.165, 1.54) is 0 Å². The van der Waals surface area contributed by atoms with E-state index in [4.69, 9.17) is 0 Å². The molecule has 5 nitrogen and oxygen atoms in total. The molecule has 0 unspecified atom stereocenters. The van der Waals surface area contributed by atoms with E-state index in [1.54, 1.807) is 25.1 Å². The molecular formula is C12H17N3O2. The molecule has 2 amide bonds. The molecule has 92 valence electrons. The van der Waals surface area contributed by atoms with Gasteiger partial charge in [-0.05, 0) is 19.5 Å². The molecule has 0 aromatic carbocycles. The Labute approximate surface area is 101 Å². The van der Waals surface area contributed by atoms with E-state index in [9.17, 15) is 9.59 Å². The first kappa shape index (κ1) is 11.7. The van der Waals surface area contributed by atoms with Crippen LogP contribution >= 0.6 is 0 Å². The van der Waals surface area contributed by atoms with Crippen molar-refractivity contribution in [1.82, 2.24) is 15.1 Å². The second-order valence-electron chi connectivity index (χ2n) is 4.86. The molecule has 5 heteroatoms. The quantitative estimate of drug-likeness (QED) is 0.689. The van der Waals surface area contributed by atoms with Crippen LogP contribution in [0, 0.1) is 0 Å². The lowest BCUT2D eigenvalue weighted by Crippen LogP contribution is -2.71. The summed E-state index contributed by atoms with van der Waals surface area (Å²) in [5.41, 5.74) is -0.0505. The van der Waals surface area contributed by atoms with E-state index in [-0.39, 0.29) is 11.8 Å². The molecule has 0 radical (unpaired) electrons. The highest BCUT2D eigenvalue weighted by molar-refractivity contribution is 6.01. The molecule has 1 saturated heterocycles. The summed E-state index contributed by atoms with van der Waals surface area (Å²) in [4.78, 5) is 27.1. The van der Waals surface area contributed by atoms with Gasteiger partial charge in [0, 0.05) is 25.9 Å². The molecule has 1 N–H and O–H groups in total. The highest BCUT2D eigenvalue weighted by atomic mass is 16.2. The van der Waals surface area contributed by atoms with Crippen LogP contribution < -0.4 is 5.32 Å². The van der Waals surface area contributed by atoms with Gasteiger partial charge in [-0.1, -0.05) is 6.08 Å². The predicted octanol–water partition coefficient (Wildman–Crippen LogP) is 0.0664. The van der Waals surface area contributed by atoms with E-state index in [1.807, 2.05) is 24.2 Å². The summed E-state index contributed by atoms with van der Waals surface area (Å²) in [5, 5.41) is 2.80. The molecule has 1 atom stereocenters. The summed E-state index contributed by atoms with van der Waals surface area (Å²) in [5.74, 6) is -0.198. The third-order valence-electron chi connectivity index (χ3n) is 3.09. The molecule has 2 aliphatic rings.